The molecule has 2 aromatic rings. The minimum atomic E-state index is -0.435. The molecule has 0 aliphatic carbocycles. The van der Waals surface area contributed by atoms with Crippen molar-refractivity contribution in [2.75, 3.05) is 22.1 Å². The van der Waals surface area contributed by atoms with Crippen LogP contribution in [0.1, 0.15) is 18.9 Å². The maximum absolute atomic E-state index is 12.6. The summed E-state index contributed by atoms with van der Waals surface area (Å²) in [4.78, 5) is 37.9. The number of anilines is 3. The first kappa shape index (κ1) is 19.1. The van der Waals surface area contributed by atoms with Crippen LogP contribution in [0.25, 0.3) is 0 Å². The predicted molar refractivity (Wildman–Crippen MR) is 109 cm³/mol. The Morgan fingerprint density at radius 3 is 2.63 bits per heavy atom. The molecule has 1 aliphatic rings. The number of carbonyl (C=O) groups excluding carboxylic acids is 3. The normalized spacial score (nSPS) is 16.3. The second-order valence-electron chi connectivity index (χ2n) is 6.61. The summed E-state index contributed by atoms with van der Waals surface area (Å²) in [7, 11) is 0. The number of hydrogen-bond acceptors (Lipinski definition) is 3. The highest BCUT2D eigenvalue weighted by atomic mass is 79.9. The fraction of sp³-hybridized carbons (Fsp3) is 0.250. The predicted octanol–water partition coefficient (Wildman–Crippen LogP) is 3.71. The summed E-state index contributed by atoms with van der Waals surface area (Å²) in [6.07, 6.45) is 0.152. The van der Waals surface area contributed by atoms with Crippen molar-refractivity contribution < 1.29 is 14.4 Å². The molecule has 0 radical (unpaired) electrons. The smallest absolute Gasteiger partial charge is 0.229 e. The SMILES string of the molecule is CC(=O)Nc1cccc(N2C[C@@H](C(=O)Nc3ccc(C)cc3Br)CC2=O)c1. The van der Waals surface area contributed by atoms with Gasteiger partial charge in [-0.15, -0.1) is 0 Å². The molecule has 1 aliphatic heterocycles. The van der Waals surface area contributed by atoms with Gasteiger partial charge in [0.15, 0.2) is 0 Å². The van der Waals surface area contributed by atoms with E-state index in [0.717, 1.165) is 10.0 Å². The number of amides is 3. The van der Waals surface area contributed by atoms with Gasteiger partial charge in [0.25, 0.3) is 0 Å². The van der Waals surface area contributed by atoms with Gasteiger partial charge in [-0.3, -0.25) is 14.4 Å². The van der Waals surface area contributed by atoms with E-state index in [1.165, 1.54) is 6.92 Å². The Morgan fingerprint density at radius 2 is 1.93 bits per heavy atom. The summed E-state index contributed by atoms with van der Waals surface area (Å²) < 4.78 is 0.806. The number of hydrogen-bond donors (Lipinski definition) is 2. The van der Waals surface area contributed by atoms with Crippen LogP contribution in [0.4, 0.5) is 17.1 Å². The fourth-order valence-electron chi connectivity index (χ4n) is 3.04. The van der Waals surface area contributed by atoms with E-state index in [9.17, 15) is 14.4 Å². The summed E-state index contributed by atoms with van der Waals surface area (Å²) in [6.45, 7) is 3.70. The maximum Gasteiger partial charge on any atom is 0.229 e. The first-order chi connectivity index (χ1) is 12.8. The number of rotatable bonds is 4. The van der Waals surface area contributed by atoms with Crippen molar-refractivity contribution in [3.8, 4) is 0 Å². The summed E-state index contributed by atoms with van der Waals surface area (Å²) in [5.41, 5.74) is 3.05. The van der Waals surface area contributed by atoms with E-state index in [4.69, 9.17) is 0 Å². The maximum atomic E-state index is 12.6. The first-order valence-electron chi connectivity index (χ1n) is 8.58. The molecule has 0 bridgehead atoms. The van der Waals surface area contributed by atoms with Gasteiger partial charge in [-0.25, -0.2) is 0 Å². The quantitative estimate of drug-likeness (QED) is 0.777. The summed E-state index contributed by atoms with van der Waals surface area (Å²) in [5, 5.41) is 5.59. The molecular weight excluding hydrogens is 410 g/mol. The van der Waals surface area contributed by atoms with Crippen molar-refractivity contribution in [2.45, 2.75) is 20.3 Å². The Labute approximate surface area is 166 Å². The van der Waals surface area contributed by atoms with Crippen molar-refractivity contribution in [2.24, 2.45) is 5.92 Å². The molecule has 1 fully saturated rings. The monoisotopic (exact) mass is 429 g/mol. The van der Waals surface area contributed by atoms with Crippen molar-refractivity contribution in [1.29, 1.82) is 0 Å². The number of carbonyl (C=O) groups is 3. The molecule has 0 unspecified atom stereocenters. The van der Waals surface area contributed by atoms with Gasteiger partial charge in [-0.05, 0) is 58.7 Å². The number of nitrogens with zero attached hydrogens (tertiary/aromatic N) is 1. The number of aryl methyl sites for hydroxylation is 1. The lowest BCUT2D eigenvalue weighted by Gasteiger charge is -2.18. The third-order valence-electron chi connectivity index (χ3n) is 4.36. The van der Waals surface area contributed by atoms with Gasteiger partial charge in [0.2, 0.25) is 17.7 Å². The molecule has 6 nitrogen and oxygen atoms in total. The van der Waals surface area contributed by atoms with E-state index < -0.39 is 5.92 Å². The third-order valence-corrected chi connectivity index (χ3v) is 5.01. The van der Waals surface area contributed by atoms with Crippen LogP contribution in [0, 0.1) is 12.8 Å². The molecule has 27 heavy (non-hydrogen) atoms. The number of nitrogens with one attached hydrogen (secondary N) is 2. The standard InChI is InChI=1S/C20H20BrN3O3/c1-12-6-7-18(17(21)8-12)23-20(27)14-9-19(26)24(11-14)16-5-3-4-15(10-16)22-13(2)25/h3-8,10,14H,9,11H2,1-2H3,(H,22,25)(H,23,27)/t14-/m0/s1. The summed E-state index contributed by atoms with van der Waals surface area (Å²) in [6, 6.07) is 12.7. The zero-order valence-electron chi connectivity index (χ0n) is 15.1. The van der Waals surface area contributed by atoms with Crippen LogP contribution < -0.4 is 15.5 Å². The molecule has 3 rings (SSSR count). The molecule has 2 aromatic carbocycles. The van der Waals surface area contributed by atoms with Crippen LogP contribution in [0.2, 0.25) is 0 Å². The highest BCUT2D eigenvalue weighted by molar-refractivity contribution is 9.10. The Bertz CT molecular complexity index is 913. The Kier molecular flexibility index (Phi) is 5.60. The molecule has 1 heterocycles. The highest BCUT2D eigenvalue weighted by Crippen LogP contribution is 2.29. The Hall–Kier alpha value is -2.67. The largest absolute Gasteiger partial charge is 0.326 e. The molecule has 0 saturated carbocycles. The summed E-state index contributed by atoms with van der Waals surface area (Å²) >= 11 is 3.45. The molecular formula is C20H20BrN3O3. The highest BCUT2D eigenvalue weighted by Gasteiger charge is 2.35. The molecule has 0 aromatic heterocycles. The zero-order valence-corrected chi connectivity index (χ0v) is 16.7. The van der Waals surface area contributed by atoms with Gasteiger partial charge in [-0.2, -0.15) is 0 Å². The van der Waals surface area contributed by atoms with Crippen molar-refractivity contribution in [3.63, 3.8) is 0 Å². The van der Waals surface area contributed by atoms with E-state index in [2.05, 4.69) is 26.6 Å². The van der Waals surface area contributed by atoms with Crippen LogP contribution >= 0.6 is 15.9 Å². The lowest BCUT2D eigenvalue weighted by molar-refractivity contribution is -0.122. The molecule has 3 amide bonds. The van der Waals surface area contributed by atoms with E-state index in [1.807, 2.05) is 25.1 Å². The average Bonchev–Trinajstić information content (AvgIpc) is 2.99. The van der Waals surface area contributed by atoms with Crippen LogP contribution in [-0.4, -0.2) is 24.3 Å². The molecule has 2 N–H and O–H groups in total. The molecule has 0 spiro atoms. The number of benzene rings is 2. The average molecular weight is 430 g/mol. The minimum absolute atomic E-state index is 0.113. The molecule has 1 saturated heterocycles. The first-order valence-corrected chi connectivity index (χ1v) is 9.38. The summed E-state index contributed by atoms with van der Waals surface area (Å²) in [5.74, 6) is -0.914. The van der Waals surface area contributed by atoms with Crippen LogP contribution in [0.15, 0.2) is 46.9 Å². The van der Waals surface area contributed by atoms with Crippen molar-refractivity contribution in [3.05, 3.63) is 52.5 Å². The Balaban J connectivity index is 1.71. The Morgan fingerprint density at radius 1 is 1.15 bits per heavy atom. The topological polar surface area (TPSA) is 78.5 Å². The number of halogens is 1. The van der Waals surface area contributed by atoms with E-state index in [1.54, 1.807) is 29.2 Å². The van der Waals surface area contributed by atoms with E-state index >= 15 is 0 Å². The molecule has 1 atom stereocenters. The zero-order chi connectivity index (χ0) is 19.6. The van der Waals surface area contributed by atoms with Gasteiger partial charge in [-0.1, -0.05) is 12.1 Å². The van der Waals surface area contributed by atoms with Crippen LogP contribution in [-0.2, 0) is 14.4 Å². The van der Waals surface area contributed by atoms with E-state index in [0.29, 0.717) is 23.6 Å². The third kappa shape index (κ3) is 4.54. The van der Waals surface area contributed by atoms with Crippen molar-refractivity contribution >= 4 is 50.7 Å². The van der Waals surface area contributed by atoms with Gasteiger partial charge < -0.3 is 15.5 Å². The minimum Gasteiger partial charge on any atom is -0.326 e. The van der Waals surface area contributed by atoms with Crippen LogP contribution in [0.5, 0.6) is 0 Å². The second-order valence-corrected chi connectivity index (χ2v) is 7.46. The van der Waals surface area contributed by atoms with Crippen molar-refractivity contribution in [1.82, 2.24) is 0 Å². The van der Waals surface area contributed by atoms with Gasteiger partial charge in [0.05, 0.1) is 11.6 Å². The van der Waals surface area contributed by atoms with Gasteiger partial charge in [0, 0.05) is 35.7 Å². The lowest BCUT2D eigenvalue weighted by Crippen LogP contribution is -2.28. The van der Waals surface area contributed by atoms with Crippen LogP contribution in [0.3, 0.4) is 0 Å². The molecule has 7 heteroatoms. The van der Waals surface area contributed by atoms with Gasteiger partial charge >= 0.3 is 0 Å². The van der Waals surface area contributed by atoms with Gasteiger partial charge in [0.1, 0.15) is 0 Å². The van der Waals surface area contributed by atoms with E-state index in [-0.39, 0.29) is 24.1 Å². The lowest BCUT2D eigenvalue weighted by atomic mass is 10.1. The molecule has 140 valence electrons. The fourth-order valence-corrected chi connectivity index (χ4v) is 3.64. The second kappa shape index (κ2) is 7.92.